The predicted octanol–water partition coefficient (Wildman–Crippen LogP) is 7.07. The van der Waals surface area contributed by atoms with Crippen LogP contribution in [0.4, 0.5) is 10.2 Å². The molecule has 1 atom stereocenters. The zero-order chi connectivity index (χ0) is 24.2. The first-order valence-corrected chi connectivity index (χ1v) is 12.0. The van der Waals surface area contributed by atoms with Crippen LogP contribution < -0.4 is 5.32 Å². The molecule has 4 aliphatic rings. The summed E-state index contributed by atoms with van der Waals surface area (Å²) in [5.74, 6) is 2.52. The van der Waals surface area contributed by atoms with Crippen LogP contribution in [-0.2, 0) is 0 Å². The van der Waals surface area contributed by atoms with Crippen LogP contribution in [0.5, 0.6) is 0 Å². The van der Waals surface area contributed by atoms with E-state index < -0.39 is 5.95 Å². The topological polar surface area (TPSA) is 74.0 Å². The van der Waals surface area contributed by atoms with Crippen LogP contribution in [0.2, 0.25) is 0 Å². The van der Waals surface area contributed by atoms with Gasteiger partial charge in [-0.05, 0) is 80.7 Å². The molecule has 3 aliphatic carbocycles. The van der Waals surface area contributed by atoms with Crippen LogP contribution >= 0.6 is 0 Å². The van der Waals surface area contributed by atoms with Crippen molar-refractivity contribution in [1.29, 1.82) is 5.26 Å². The number of anilines is 1. The summed E-state index contributed by atoms with van der Waals surface area (Å²) in [6.45, 7) is 7.38. The summed E-state index contributed by atoms with van der Waals surface area (Å²) < 4.78 is 14.0. The molecule has 0 saturated heterocycles. The molecule has 2 aromatic rings. The van der Waals surface area contributed by atoms with Crippen molar-refractivity contribution in [1.82, 2.24) is 9.97 Å². The average Bonchev–Trinajstić information content (AvgIpc) is 2.80. The third-order valence-corrected chi connectivity index (χ3v) is 7.07. The Balaban J connectivity index is 0.000000868. The van der Waals surface area contributed by atoms with E-state index in [1.807, 2.05) is 19.9 Å². The lowest BCUT2D eigenvalue weighted by Crippen LogP contribution is -2.40. The Kier molecular flexibility index (Phi) is 7.21. The minimum Gasteiger partial charge on any atom is -0.366 e. The Labute approximate surface area is 201 Å². The van der Waals surface area contributed by atoms with E-state index in [2.05, 4.69) is 35.4 Å². The molecule has 2 heterocycles. The molecule has 6 heteroatoms. The van der Waals surface area contributed by atoms with Gasteiger partial charge >= 0.3 is 0 Å². The monoisotopic (exact) mass is 457 g/mol. The van der Waals surface area contributed by atoms with Crippen molar-refractivity contribution in [3.63, 3.8) is 0 Å². The van der Waals surface area contributed by atoms with Crippen molar-refractivity contribution >= 4 is 28.5 Å². The van der Waals surface area contributed by atoms with Crippen molar-refractivity contribution in [2.75, 3.05) is 5.32 Å². The molecule has 5 nitrogen and oxygen atoms in total. The van der Waals surface area contributed by atoms with E-state index in [0.717, 1.165) is 50.8 Å². The van der Waals surface area contributed by atoms with Gasteiger partial charge in [-0.2, -0.15) is 9.65 Å². The highest BCUT2D eigenvalue weighted by Crippen LogP contribution is 2.43. The number of nitriles is 1. The first-order chi connectivity index (χ1) is 16.4. The number of halogens is 1. The standard InChI is InChI=1S/C26H29FN4.C2H3N/c1-15-11-17(3)21(14-28-23(27)12-15)26-30-24-16(2)5-4-6-20(24)25(31-26)29-22-13-18-7-9-19(22)10-8-18;1-2-3/h4-6,11-12,14,18-19,22H,7-10,13H2,1-3H3,(H,29,30,31);1H3/b15-11-,15-12?,17-11?,21-14?,21-17-,23-12?,28-14?,28-23?;. The molecule has 0 radical (unpaired) electrons. The summed E-state index contributed by atoms with van der Waals surface area (Å²) in [6, 6.07) is 8.44. The van der Waals surface area contributed by atoms with Gasteiger partial charge in [0.05, 0.1) is 11.6 Å². The zero-order valence-corrected chi connectivity index (χ0v) is 20.4. The highest BCUT2D eigenvalue weighted by atomic mass is 19.1. The summed E-state index contributed by atoms with van der Waals surface area (Å²) in [4.78, 5) is 13.9. The van der Waals surface area contributed by atoms with Gasteiger partial charge in [-0.3, -0.25) is 0 Å². The van der Waals surface area contributed by atoms with E-state index >= 15 is 0 Å². The molecule has 176 valence electrons. The number of nitrogens with one attached hydrogen (secondary N) is 1. The second kappa shape index (κ2) is 10.3. The van der Waals surface area contributed by atoms with E-state index in [-0.39, 0.29) is 0 Å². The lowest BCUT2D eigenvalue weighted by molar-refractivity contribution is 0.157. The fourth-order valence-corrected chi connectivity index (χ4v) is 5.40. The molecule has 0 spiro atoms. The van der Waals surface area contributed by atoms with Gasteiger partial charge in [0.2, 0.25) is 5.95 Å². The lowest BCUT2D eigenvalue weighted by atomic mass is 9.68. The van der Waals surface area contributed by atoms with E-state index in [9.17, 15) is 4.39 Å². The maximum atomic E-state index is 14.0. The quantitative estimate of drug-likeness (QED) is 0.500. The number of hydrogen-bond donors (Lipinski definition) is 1. The summed E-state index contributed by atoms with van der Waals surface area (Å²) in [6.07, 6.45) is 11.5. The zero-order valence-electron chi connectivity index (χ0n) is 20.4. The highest BCUT2D eigenvalue weighted by Gasteiger charge is 2.36. The maximum absolute atomic E-state index is 14.0. The highest BCUT2D eigenvalue weighted by molar-refractivity contribution is 6.11. The number of fused-ring (bicyclic) bond motifs is 4. The van der Waals surface area contributed by atoms with Crippen LogP contribution in [0.3, 0.4) is 0 Å². The third-order valence-electron chi connectivity index (χ3n) is 7.07. The summed E-state index contributed by atoms with van der Waals surface area (Å²) in [5, 5.41) is 12.2. The molecule has 0 amide bonds. The average molecular weight is 458 g/mol. The van der Waals surface area contributed by atoms with Gasteiger partial charge < -0.3 is 5.32 Å². The Morgan fingerprint density at radius 3 is 2.47 bits per heavy atom. The number of aryl methyl sites for hydroxylation is 1. The van der Waals surface area contributed by atoms with Crippen LogP contribution in [-0.4, -0.2) is 22.2 Å². The van der Waals surface area contributed by atoms with Crippen LogP contribution in [0.15, 0.2) is 52.4 Å². The van der Waals surface area contributed by atoms with Crippen LogP contribution in [0.25, 0.3) is 16.5 Å². The van der Waals surface area contributed by atoms with Gasteiger partial charge in [0.1, 0.15) is 5.82 Å². The Bertz CT molecular complexity index is 1240. The first kappa shape index (κ1) is 23.8. The molecule has 1 aromatic heterocycles. The number of para-hydroxylation sites is 1. The van der Waals surface area contributed by atoms with Crippen molar-refractivity contribution in [2.45, 2.75) is 65.8 Å². The number of allylic oxidation sites excluding steroid dienone is 5. The van der Waals surface area contributed by atoms with Crippen molar-refractivity contribution < 1.29 is 4.39 Å². The van der Waals surface area contributed by atoms with E-state index in [4.69, 9.17) is 15.2 Å². The SMILES string of the molecule is C/C1=C/C(C)=C(\c2nc(NC3CC4CCC3CC4)c3cccc(C)c3n2)C=NC(F)=C1.CC#N. The summed E-state index contributed by atoms with van der Waals surface area (Å²) >= 11 is 0. The number of aliphatic imine (C=N–C) groups is 1. The molecule has 1 unspecified atom stereocenters. The van der Waals surface area contributed by atoms with Crippen molar-refractivity contribution in [3.8, 4) is 6.07 Å². The number of hydrogen-bond acceptors (Lipinski definition) is 5. The fraction of sp³-hybridized carbons (Fsp3) is 0.429. The Morgan fingerprint density at radius 2 is 1.79 bits per heavy atom. The Hall–Kier alpha value is -3.33. The van der Waals surface area contributed by atoms with Gasteiger partial charge in [0, 0.05) is 30.1 Å². The van der Waals surface area contributed by atoms with Gasteiger partial charge in [-0.25, -0.2) is 15.0 Å². The smallest absolute Gasteiger partial charge is 0.213 e. The van der Waals surface area contributed by atoms with Gasteiger partial charge in [-0.15, -0.1) is 0 Å². The molecular weight excluding hydrogens is 425 g/mol. The van der Waals surface area contributed by atoms with Crippen LogP contribution in [0.1, 0.15) is 64.3 Å². The molecular formula is C28H32FN5. The van der Waals surface area contributed by atoms with Crippen molar-refractivity contribution in [2.24, 2.45) is 16.8 Å². The fourth-order valence-electron chi connectivity index (χ4n) is 5.40. The van der Waals surface area contributed by atoms with E-state index in [1.165, 1.54) is 45.1 Å². The summed E-state index contributed by atoms with van der Waals surface area (Å²) in [5.41, 5.74) is 4.58. The number of rotatable bonds is 3. The molecule has 34 heavy (non-hydrogen) atoms. The number of nitrogens with zero attached hydrogens (tertiary/aromatic N) is 4. The normalized spacial score (nSPS) is 27.5. The molecule has 1 aromatic carbocycles. The minimum atomic E-state index is -0.507. The van der Waals surface area contributed by atoms with Gasteiger partial charge in [0.25, 0.3) is 0 Å². The molecule has 2 bridgehead atoms. The van der Waals surface area contributed by atoms with E-state index in [1.54, 1.807) is 12.3 Å². The summed E-state index contributed by atoms with van der Waals surface area (Å²) in [7, 11) is 0. The molecule has 1 aliphatic heterocycles. The second-order valence-electron chi connectivity index (χ2n) is 9.57. The van der Waals surface area contributed by atoms with E-state index in [0.29, 0.717) is 11.9 Å². The lowest BCUT2D eigenvalue weighted by Gasteiger charge is -2.43. The minimum absolute atomic E-state index is 0.461. The number of benzene rings is 1. The van der Waals surface area contributed by atoms with Gasteiger partial charge in [0.15, 0.2) is 5.82 Å². The van der Waals surface area contributed by atoms with Crippen LogP contribution in [0, 0.1) is 30.1 Å². The maximum Gasteiger partial charge on any atom is 0.213 e. The largest absolute Gasteiger partial charge is 0.366 e. The molecule has 6 rings (SSSR count). The third kappa shape index (κ3) is 5.09. The first-order valence-electron chi connectivity index (χ1n) is 12.0. The Morgan fingerprint density at radius 1 is 1.06 bits per heavy atom. The predicted molar refractivity (Wildman–Crippen MR) is 137 cm³/mol. The molecule has 1 N–H and O–H groups in total. The second-order valence-corrected chi connectivity index (χ2v) is 9.57. The van der Waals surface area contributed by atoms with Gasteiger partial charge in [-0.1, -0.05) is 31.1 Å². The van der Waals surface area contributed by atoms with Crippen molar-refractivity contribution in [3.05, 3.63) is 58.8 Å². The molecule has 3 fully saturated rings. The molecule has 3 saturated carbocycles. The number of aromatic nitrogens is 2.